The first-order chi connectivity index (χ1) is 8.27. The molecule has 90 valence electrons. The molecule has 0 bridgehead atoms. The molecule has 0 unspecified atom stereocenters. The van der Waals surface area contributed by atoms with E-state index in [2.05, 4.69) is 11.0 Å². The van der Waals surface area contributed by atoms with Crippen molar-refractivity contribution in [2.75, 3.05) is 11.4 Å². The Morgan fingerprint density at radius 3 is 2.76 bits per heavy atom. The average molecular weight is 231 g/mol. The highest BCUT2D eigenvalue weighted by Crippen LogP contribution is 2.37. The molecule has 0 aromatic heterocycles. The molecule has 1 N–H and O–H groups in total. The Hall–Kier alpha value is -1.51. The van der Waals surface area contributed by atoms with Gasteiger partial charge >= 0.3 is 5.97 Å². The molecule has 0 atom stereocenters. The summed E-state index contributed by atoms with van der Waals surface area (Å²) in [7, 11) is 0. The molecule has 1 heterocycles. The summed E-state index contributed by atoms with van der Waals surface area (Å²) < 4.78 is 0. The number of fused-ring (bicyclic) bond motifs is 1. The zero-order valence-electron chi connectivity index (χ0n) is 9.85. The molecule has 3 rings (SSSR count). The van der Waals surface area contributed by atoms with Crippen LogP contribution in [0, 0.1) is 0 Å². The number of anilines is 1. The van der Waals surface area contributed by atoms with Crippen molar-refractivity contribution < 1.29 is 9.90 Å². The molecule has 3 nitrogen and oxygen atoms in total. The Morgan fingerprint density at radius 1 is 1.29 bits per heavy atom. The van der Waals surface area contributed by atoms with Gasteiger partial charge in [0, 0.05) is 12.6 Å². The monoisotopic (exact) mass is 231 g/mol. The van der Waals surface area contributed by atoms with Crippen LogP contribution in [-0.4, -0.2) is 23.7 Å². The summed E-state index contributed by atoms with van der Waals surface area (Å²) in [6.07, 6.45) is 5.99. The SMILES string of the molecule is O=C(O)c1cccc2c1N(C1CCCC1)CC2. The molecule has 1 aromatic carbocycles. The lowest BCUT2D eigenvalue weighted by Crippen LogP contribution is -2.32. The lowest BCUT2D eigenvalue weighted by atomic mass is 10.1. The molecule has 2 aliphatic rings. The fraction of sp³-hybridized carbons (Fsp3) is 0.500. The molecule has 1 aliphatic heterocycles. The van der Waals surface area contributed by atoms with Gasteiger partial charge in [0.2, 0.25) is 0 Å². The quantitative estimate of drug-likeness (QED) is 0.850. The lowest BCUT2D eigenvalue weighted by molar-refractivity contribution is 0.0697. The number of para-hydroxylation sites is 1. The van der Waals surface area contributed by atoms with Gasteiger partial charge in [-0.05, 0) is 30.9 Å². The summed E-state index contributed by atoms with van der Waals surface area (Å²) in [6, 6.07) is 6.22. The van der Waals surface area contributed by atoms with Crippen molar-refractivity contribution in [1.82, 2.24) is 0 Å². The van der Waals surface area contributed by atoms with Crippen molar-refractivity contribution in [3.8, 4) is 0 Å². The summed E-state index contributed by atoms with van der Waals surface area (Å²) in [5, 5.41) is 9.28. The van der Waals surface area contributed by atoms with Gasteiger partial charge in [-0.15, -0.1) is 0 Å². The molecule has 17 heavy (non-hydrogen) atoms. The minimum absolute atomic E-state index is 0.479. The Bertz CT molecular complexity index is 450. The van der Waals surface area contributed by atoms with Gasteiger partial charge in [0.25, 0.3) is 0 Å². The highest BCUT2D eigenvalue weighted by Gasteiger charge is 2.31. The van der Waals surface area contributed by atoms with Gasteiger partial charge in [0.1, 0.15) is 0 Å². The lowest BCUT2D eigenvalue weighted by Gasteiger charge is -2.27. The van der Waals surface area contributed by atoms with E-state index in [0.717, 1.165) is 18.7 Å². The van der Waals surface area contributed by atoms with Gasteiger partial charge in [-0.25, -0.2) is 4.79 Å². The predicted octanol–water partition coefficient (Wildman–Crippen LogP) is 2.69. The van der Waals surface area contributed by atoms with Crippen LogP contribution in [-0.2, 0) is 6.42 Å². The fourth-order valence-electron chi connectivity index (χ4n) is 3.24. The van der Waals surface area contributed by atoms with Crippen LogP contribution in [0.5, 0.6) is 0 Å². The fourth-order valence-corrected chi connectivity index (χ4v) is 3.24. The van der Waals surface area contributed by atoms with Crippen LogP contribution < -0.4 is 4.90 Å². The molecule has 0 saturated heterocycles. The Balaban J connectivity index is 2.01. The Labute approximate surface area is 101 Å². The number of carbonyl (C=O) groups is 1. The van der Waals surface area contributed by atoms with Crippen molar-refractivity contribution in [3.05, 3.63) is 29.3 Å². The summed E-state index contributed by atoms with van der Waals surface area (Å²) in [5.74, 6) is -0.799. The molecule has 3 heteroatoms. The van der Waals surface area contributed by atoms with Crippen molar-refractivity contribution >= 4 is 11.7 Å². The van der Waals surface area contributed by atoms with Crippen LogP contribution >= 0.6 is 0 Å². The van der Waals surface area contributed by atoms with Gasteiger partial charge in [-0.2, -0.15) is 0 Å². The maximum atomic E-state index is 11.3. The Morgan fingerprint density at radius 2 is 2.06 bits per heavy atom. The second kappa shape index (κ2) is 4.06. The van der Waals surface area contributed by atoms with Crippen LogP contribution in [0.15, 0.2) is 18.2 Å². The number of carboxylic acids is 1. The van der Waals surface area contributed by atoms with E-state index in [1.54, 1.807) is 6.07 Å². The van der Waals surface area contributed by atoms with Crippen molar-refractivity contribution in [3.63, 3.8) is 0 Å². The first-order valence-corrected chi connectivity index (χ1v) is 6.39. The number of hydrogen-bond donors (Lipinski definition) is 1. The molecule has 1 saturated carbocycles. The number of carboxylic acid groups (broad SMARTS) is 1. The minimum atomic E-state index is -0.799. The smallest absolute Gasteiger partial charge is 0.337 e. The molecule has 0 amide bonds. The second-order valence-corrected chi connectivity index (χ2v) is 5.00. The van der Waals surface area contributed by atoms with Crippen molar-refractivity contribution in [2.45, 2.75) is 38.1 Å². The van der Waals surface area contributed by atoms with Crippen LogP contribution in [0.25, 0.3) is 0 Å². The molecule has 0 radical (unpaired) electrons. The van der Waals surface area contributed by atoms with Crippen LogP contribution in [0.4, 0.5) is 5.69 Å². The van der Waals surface area contributed by atoms with Gasteiger partial charge < -0.3 is 10.0 Å². The van der Waals surface area contributed by atoms with Gasteiger partial charge in [0.15, 0.2) is 0 Å². The van der Waals surface area contributed by atoms with E-state index in [-0.39, 0.29) is 0 Å². The van der Waals surface area contributed by atoms with E-state index in [1.807, 2.05) is 6.07 Å². The molecule has 1 fully saturated rings. The first kappa shape index (κ1) is 10.6. The molecule has 1 aliphatic carbocycles. The third-order valence-corrected chi connectivity index (χ3v) is 4.02. The summed E-state index contributed by atoms with van der Waals surface area (Å²) in [6.45, 7) is 0.990. The van der Waals surface area contributed by atoms with Gasteiger partial charge in [0.05, 0.1) is 11.3 Å². The standard InChI is InChI=1S/C14H17NO2/c16-14(17)12-7-3-4-10-8-9-15(13(10)12)11-5-1-2-6-11/h3-4,7,11H,1-2,5-6,8-9H2,(H,16,17). The van der Waals surface area contributed by atoms with Crippen molar-refractivity contribution in [1.29, 1.82) is 0 Å². The van der Waals surface area contributed by atoms with E-state index >= 15 is 0 Å². The average Bonchev–Trinajstić information content (AvgIpc) is 2.96. The van der Waals surface area contributed by atoms with E-state index in [1.165, 1.54) is 31.2 Å². The molecule has 0 spiro atoms. The number of rotatable bonds is 2. The van der Waals surface area contributed by atoms with Crippen LogP contribution in [0.1, 0.15) is 41.6 Å². The van der Waals surface area contributed by atoms with E-state index in [4.69, 9.17) is 0 Å². The Kier molecular flexibility index (Phi) is 2.54. The first-order valence-electron chi connectivity index (χ1n) is 6.39. The topological polar surface area (TPSA) is 40.5 Å². The highest BCUT2D eigenvalue weighted by molar-refractivity contribution is 5.96. The highest BCUT2D eigenvalue weighted by atomic mass is 16.4. The number of nitrogens with zero attached hydrogens (tertiary/aromatic N) is 1. The summed E-state index contributed by atoms with van der Waals surface area (Å²) in [4.78, 5) is 13.6. The third-order valence-electron chi connectivity index (χ3n) is 4.02. The number of benzene rings is 1. The van der Waals surface area contributed by atoms with E-state index in [0.29, 0.717) is 11.6 Å². The number of hydrogen-bond acceptors (Lipinski definition) is 2. The van der Waals surface area contributed by atoms with Gasteiger partial charge in [-0.3, -0.25) is 0 Å². The largest absolute Gasteiger partial charge is 0.478 e. The van der Waals surface area contributed by atoms with Crippen LogP contribution in [0.2, 0.25) is 0 Å². The van der Waals surface area contributed by atoms with E-state index in [9.17, 15) is 9.90 Å². The maximum absolute atomic E-state index is 11.3. The third kappa shape index (κ3) is 1.70. The molecule has 1 aromatic rings. The zero-order chi connectivity index (χ0) is 11.8. The van der Waals surface area contributed by atoms with Crippen LogP contribution in [0.3, 0.4) is 0 Å². The molecular formula is C14H17NO2. The minimum Gasteiger partial charge on any atom is -0.478 e. The maximum Gasteiger partial charge on any atom is 0.337 e. The summed E-state index contributed by atoms with van der Waals surface area (Å²) >= 11 is 0. The summed E-state index contributed by atoms with van der Waals surface area (Å²) in [5.41, 5.74) is 2.68. The van der Waals surface area contributed by atoms with Gasteiger partial charge in [-0.1, -0.05) is 25.0 Å². The normalized spacial score (nSPS) is 19.6. The molecular weight excluding hydrogens is 214 g/mol. The second-order valence-electron chi connectivity index (χ2n) is 5.00. The number of aromatic carboxylic acids is 1. The zero-order valence-corrected chi connectivity index (χ0v) is 9.85. The predicted molar refractivity (Wildman–Crippen MR) is 66.7 cm³/mol. The van der Waals surface area contributed by atoms with E-state index < -0.39 is 5.97 Å². The van der Waals surface area contributed by atoms with Crippen molar-refractivity contribution in [2.24, 2.45) is 0 Å².